The number of aryl methyl sites for hydroxylation is 2. The van der Waals surface area contributed by atoms with Crippen LogP contribution in [0.5, 0.6) is 0 Å². The van der Waals surface area contributed by atoms with Gasteiger partial charge in [-0.25, -0.2) is 0 Å². The highest BCUT2D eigenvalue weighted by Crippen LogP contribution is 2.12. The van der Waals surface area contributed by atoms with Crippen LogP contribution < -0.4 is 10.9 Å². The molecule has 0 heterocycles. The molecule has 0 saturated carbocycles. The van der Waals surface area contributed by atoms with Gasteiger partial charge in [-0.2, -0.15) is 0 Å². The second-order valence-electron chi connectivity index (χ2n) is 5.69. The Hall–Kier alpha value is -1.76. The van der Waals surface area contributed by atoms with Crippen LogP contribution in [0, 0.1) is 13.8 Å². The minimum atomic E-state index is 0.386. The molecule has 0 bridgehead atoms. The molecule has 0 amide bonds. The maximum atomic E-state index is 2.41. The van der Waals surface area contributed by atoms with Gasteiger partial charge in [-0.1, -0.05) is 96.0 Å². The zero-order valence-electron chi connectivity index (χ0n) is 13.7. The van der Waals surface area contributed by atoms with E-state index in [-0.39, 0.29) is 0 Å². The summed E-state index contributed by atoms with van der Waals surface area (Å²) in [5.74, 6) is 0. The van der Waals surface area contributed by atoms with Crippen molar-refractivity contribution in [1.29, 1.82) is 0 Å². The maximum absolute atomic E-state index is 2.41. The third kappa shape index (κ3) is 3.47. The van der Waals surface area contributed by atoms with Gasteiger partial charge in [-0.3, -0.25) is 0 Å². The number of allylic oxidation sites excluding steroid dienone is 2. The van der Waals surface area contributed by atoms with Gasteiger partial charge >= 0.3 is 0 Å². The molecule has 0 fully saturated rings. The normalized spacial score (nSPS) is 11.5. The summed E-state index contributed by atoms with van der Waals surface area (Å²) >= 11 is 0. The fourth-order valence-electron chi connectivity index (χ4n) is 3.12. The highest BCUT2D eigenvalue weighted by Gasteiger charge is 2.25. The summed E-state index contributed by atoms with van der Waals surface area (Å²) in [7, 11) is 0. The van der Waals surface area contributed by atoms with Crippen molar-refractivity contribution >= 4 is 17.6 Å². The molecule has 0 unspecified atom stereocenters. The molecule has 2 aromatic rings. The Morgan fingerprint density at radius 2 is 1.33 bits per heavy atom. The maximum Gasteiger partial charge on any atom is 0.237 e. The predicted molar refractivity (Wildman–Crippen MR) is 96.0 cm³/mol. The SMILES string of the molecule is CC/C=C(\CC)B(c1ccccc1C)c1ccccc1C. The third-order valence-corrected chi connectivity index (χ3v) is 4.24. The Balaban J connectivity index is 2.63. The highest BCUT2D eigenvalue weighted by molar-refractivity contribution is 6.91. The topological polar surface area (TPSA) is 0 Å². The number of hydrogen-bond acceptors (Lipinski definition) is 0. The molecule has 1 heteroatoms. The van der Waals surface area contributed by atoms with Crippen molar-refractivity contribution in [3.8, 4) is 0 Å². The summed E-state index contributed by atoms with van der Waals surface area (Å²) in [4.78, 5) is 0. The van der Waals surface area contributed by atoms with Crippen molar-refractivity contribution in [2.24, 2.45) is 0 Å². The van der Waals surface area contributed by atoms with Gasteiger partial charge in [0.2, 0.25) is 6.71 Å². The Morgan fingerprint density at radius 1 is 0.857 bits per heavy atom. The third-order valence-electron chi connectivity index (χ3n) is 4.24. The van der Waals surface area contributed by atoms with Crippen LogP contribution in [-0.2, 0) is 0 Å². The second kappa shape index (κ2) is 7.31. The van der Waals surface area contributed by atoms with E-state index >= 15 is 0 Å². The van der Waals surface area contributed by atoms with E-state index in [2.05, 4.69) is 82.3 Å². The summed E-state index contributed by atoms with van der Waals surface area (Å²) in [6.07, 6.45) is 4.60. The molecule has 108 valence electrons. The second-order valence-corrected chi connectivity index (χ2v) is 5.69. The van der Waals surface area contributed by atoms with Gasteiger partial charge in [0.1, 0.15) is 0 Å². The van der Waals surface area contributed by atoms with Gasteiger partial charge in [0.15, 0.2) is 0 Å². The zero-order chi connectivity index (χ0) is 15.2. The molecule has 0 aromatic heterocycles. The van der Waals surface area contributed by atoms with Crippen LogP contribution in [-0.4, -0.2) is 6.71 Å². The standard InChI is InChI=1S/C20H25B/c1-5-11-18(6-2)21(19-14-9-7-12-16(19)3)20-15-10-8-13-17(20)4/h7-15H,5-6H2,1-4H3/b18-11+. The molecule has 0 aliphatic rings. The van der Waals surface area contributed by atoms with E-state index in [0.717, 1.165) is 12.8 Å². The van der Waals surface area contributed by atoms with Gasteiger partial charge in [0.25, 0.3) is 0 Å². The molecule has 0 spiro atoms. The monoisotopic (exact) mass is 276 g/mol. The molecule has 21 heavy (non-hydrogen) atoms. The lowest BCUT2D eigenvalue weighted by atomic mass is 9.34. The Kier molecular flexibility index (Phi) is 5.44. The number of hydrogen-bond donors (Lipinski definition) is 0. The first-order valence-corrected chi connectivity index (χ1v) is 7.99. The molecule has 0 N–H and O–H groups in total. The van der Waals surface area contributed by atoms with Gasteiger partial charge in [-0.05, 0) is 26.7 Å². The van der Waals surface area contributed by atoms with Crippen LogP contribution in [0.4, 0.5) is 0 Å². The Labute approximate surface area is 130 Å². The lowest BCUT2D eigenvalue weighted by Gasteiger charge is -2.21. The van der Waals surface area contributed by atoms with Gasteiger partial charge < -0.3 is 0 Å². The first kappa shape index (κ1) is 15.6. The van der Waals surface area contributed by atoms with Crippen LogP contribution in [0.25, 0.3) is 0 Å². The lowest BCUT2D eigenvalue weighted by Crippen LogP contribution is -2.46. The fourth-order valence-corrected chi connectivity index (χ4v) is 3.12. The first-order chi connectivity index (χ1) is 10.2. The van der Waals surface area contributed by atoms with Crippen molar-refractivity contribution < 1.29 is 0 Å². The van der Waals surface area contributed by atoms with Crippen LogP contribution >= 0.6 is 0 Å². The van der Waals surface area contributed by atoms with E-state index < -0.39 is 0 Å². The van der Waals surface area contributed by atoms with Crippen molar-refractivity contribution in [3.63, 3.8) is 0 Å². The molecular formula is C20H25B. The Bertz CT molecular complexity index is 580. The summed E-state index contributed by atoms with van der Waals surface area (Å²) in [5, 5.41) is 0. The van der Waals surface area contributed by atoms with Gasteiger partial charge in [0.05, 0.1) is 0 Å². The first-order valence-electron chi connectivity index (χ1n) is 7.99. The van der Waals surface area contributed by atoms with Crippen LogP contribution in [0.15, 0.2) is 60.1 Å². The molecule has 0 atom stereocenters. The van der Waals surface area contributed by atoms with Crippen molar-refractivity contribution in [2.45, 2.75) is 40.5 Å². The van der Waals surface area contributed by atoms with E-state index in [0.29, 0.717) is 6.71 Å². The van der Waals surface area contributed by atoms with Crippen LogP contribution in [0.1, 0.15) is 37.8 Å². The van der Waals surface area contributed by atoms with Crippen molar-refractivity contribution in [1.82, 2.24) is 0 Å². The lowest BCUT2D eigenvalue weighted by molar-refractivity contribution is 1.13. The largest absolute Gasteiger partial charge is 0.237 e. The van der Waals surface area contributed by atoms with E-state index in [1.807, 2.05) is 0 Å². The molecule has 0 aliphatic heterocycles. The average Bonchev–Trinajstić information content (AvgIpc) is 2.50. The molecule has 0 aliphatic carbocycles. The van der Waals surface area contributed by atoms with Gasteiger partial charge in [0, 0.05) is 0 Å². The molecule has 2 rings (SSSR count). The van der Waals surface area contributed by atoms with E-state index in [9.17, 15) is 0 Å². The summed E-state index contributed by atoms with van der Waals surface area (Å²) < 4.78 is 0. The average molecular weight is 276 g/mol. The predicted octanol–water partition coefficient (Wildman–Crippen LogP) is 4.20. The molecule has 0 radical (unpaired) electrons. The van der Waals surface area contributed by atoms with Crippen LogP contribution in [0.2, 0.25) is 0 Å². The fraction of sp³-hybridized carbons (Fsp3) is 0.300. The molecule has 0 saturated heterocycles. The van der Waals surface area contributed by atoms with Crippen molar-refractivity contribution in [3.05, 3.63) is 71.2 Å². The minimum Gasteiger partial charge on any atom is -0.0950 e. The van der Waals surface area contributed by atoms with E-state index in [4.69, 9.17) is 0 Å². The smallest absolute Gasteiger partial charge is 0.0950 e. The highest BCUT2D eigenvalue weighted by atomic mass is 14.0. The Morgan fingerprint density at radius 3 is 1.71 bits per heavy atom. The molecule has 0 nitrogen and oxygen atoms in total. The van der Waals surface area contributed by atoms with Gasteiger partial charge in [-0.15, -0.1) is 0 Å². The summed E-state index contributed by atoms with van der Waals surface area (Å²) in [6, 6.07) is 17.6. The van der Waals surface area contributed by atoms with Crippen LogP contribution in [0.3, 0.4) is 0 Å². The zero-order valence-corrected chi connectivity index (χ0v) is 13.7. The molecule has 2 aromatic carbocycles. The number of benzene rings is 2. The van der Waals surface area contributed by atoms with E-state index in [1.54, 1.807) is 0 Å². The number of rotatable bonds is 5. The molecular weight excluding hydrogens is 251 g/mol. The minimum absolute atomic E-state index is 0.386. The van der Waals surface area contributed by atoms with E-state index in [1.165, 1.54) is 27.5 Å². The summed E-state index contributed by atoms with van der Waals surface area (Å²) in [5.41, 5.74) is 7.16. The van der Waals surface area contributed by atoms with Crippen molar-refractivity contribution in [2.75, 3.05) is 0 Å². The summed E-state index contributed by atoms with van der Waals surface area (Å²) in [6.45, 7) is 9.32. The quantitative estimate of drug-likeness (QED) is 0.718.